The lowest BCUT2D eigenvalue weighted by molar-refractivity contribution is 0.0693. The fourth-order valence-electron chi connectivity index (χ4n) is 1.97. The van der Waals surface area contributed by atoms with Gasteiger partial charge in [-0.2, -0.15) is 0 Å². The second kappa shape index (κ2) is 4.02. The van der Waals surface area contributed by atoms with Crippen molar-refractivity contribution in [3.8, 4) is 0 Å². The topological polar surface area (TPSA) is 75.4 Å². The molecule has 1 aromatic heterocycles. The van der Waals surface area contributed by atoms with Crippen LogP contribution in [-0.4, -0.2) is 22.8 Å². The highest BCUT2D eigenvalue weighted by Crippen LogP contribution is 2.26. The molecule has 0 aliphatic carbocycles. The molecule has 2 N–H and O–H groups in total. The number of carboxylic acid groups (broad SMARTS) is 1. The van der Waals surface area contributed by atoms with E-state index in [1.165, 1.54) is 0 Å². The number of carbonyl (C=O) groups is 1. The zero-order valence-corrected chi connectivity index (χ0v) is 8.62. The van der Waals surface area contributed by atoms with Crippen LogP contribution in [-0.2, 0) is 0 Å². The molecule has 0 spiro atoms. The van der Waals surface area contributed by atoms with Gasteiger partial charge >= 0.3 is 5.97 Å². The lowest BCUT2D eigenvalue weighted by atomic mass is 9.99. The maximum absolute atomic E-state index is 11.0. The lowest BCUT2D eigenvalue weighted by Crippen LogP contribution is -2.28. The van der Waals surface area contributed by atoms with E-state index in [1.54, 1.807) is 6.92 Å². The number of aromatic carboxylic acids is 1. The molecule has 1 aromatic rings. The van der Waals surface area contributed by atoms with Gasteiger partial charge < -0.3 is 14.9 Å². The normalized spacial score (nSPS) is 21.5. The SMILES string of the molecule is Cc1onc(C2CCCCN2)c1C(=O)O. The number of aromatic nitrogens is 1. The Morgan fingerprint density at radius 3 is 3.00 bits per heavy atom. The van der Waals surface area contributed by atoms with Gasteiger partial charge in [0.2, 0.25) is 0 Å². The molecular formula is C10H14N2O3. The summed E-state index contributed by atoms with van der Waals surface area (Å²) in [6.07, 6.45) is 3.16. The van der Waals surface area contributed by atoms with Gasteiger partial charge in [0.25, 0.3) is 0 Å². The molecule has 1 unspecified atom stereocenters. The molecule has 15 heavy (non-hydrogen) atoms. The van der Waals surface area contributed by atoms with Gasteiger partial charge in [0.05, 0.1) is 6.04 Å². The minimum atomic E-state index is -0.962. The molecule has 5 nitrogen and oxygen atoms in total. The van der Waals surface area contributed by atoms with Crippen LogP contribution in [0.3, 0.4) is 0 Å². The fraction of sp³-hybridized carbons (Fsp3) is 0.600. The van der Waals surface area contributed by atoms with Crippen molar-refractivity contribution in [2.45, 2.75) is 32.2 Å². The number of aryl methyl sites for hydroxylation is 1. The summed E-state index contributed by atoms with van der Waals surface area (Å²) in [5.74, 6) is -0.582. The summed E-state index contributed by atoms with van der Waals surface area (Å²) in [6.45, 7) is 2.54. The molecule has 1 aliphatic rings. The molecule has 5 heteroatoms. The highest BCUT2D eigenvalue weighted by molar-refractivity contribution is 5.90. The maximum atomic E-state index is 11.0. The first kappa shape index (κ1) is 10.2. The second-order valence-electron chi connectivity index (χ2n) is 3.81. The molecular weight excluding hydrogens is 196 g/mol. The van der Waals surface area contributed by atoms with Crippen LogP contribution in [0.15, 0.2) is 4.52 Å². The van der Waals surface area contributed by atoms with E-state index >= 15 is 0 Å². The summed E-state index contributed by atoms with van der Waals surface area (Å²) in [5, 5.41) is 16.1. The summed E-state index contributed by atoms with van der Waals surface area (Å²) in [5.41, 5.74) is 0.758. The van der Waals surface area contributed by atoms with E-state index in [2.05, 4.69) is 10.5 Å². The molecule has 82 valence electrons. The van der Waals surface area contributed by atoms with Crippen molar-refractivity contribution in [1.82, 2.24) is 10.5 Å². The van der Waals surface area contributed by atoms with Crippen molar-refractivity contribution in [2.75, 3.05) is 6.54 Å². The Labute approximate surface area is 87.5 Å². The van der Waals surface area contributed by atoms with Gasteiger partial charge in [-0.1, -0.05) is 11.6 Å². The van der Waals surface area contributed by atoms with Crippen LogP contribution >= 0.6 is 0 Å². The van der Waals surface area contributed by atoms with Gasteiger partial charge in [-0.15, -0.1) is 0 Å². The van der Waals surface area contributed by atoms with Crippen LogP contribution in [0.5, 0.6) is 0 Å². The van der Waals surface area contributed by atoms with Gasteiger partial charge in [0, 0.05) is 0 Å². The number of nitrogens with one attached hydrogen (secondary N) is 1. The molecule has 0 amide bonds. The third kappa shape index (κ3) is 1.87. The fourth-order valence-corrected chi connectivity index (χ4v) is 1.97. The van der Waals surface area contributed by atoms with E-state index in [0.29, 0.717) is 11.5 Å². The zero-order chi connectivity index (χ0) is 10.8. The van der Waals surface area contributed by atoms with Crippen LogP contribution in [0.1, 0.15) is 47.1 Å². The predicted molar refractivity (Wildman–Crippen MR) is 52.8 cm³/mol. The van der Waals surface area contributed by atoms with Gasteiger partial charge in [0.15, 0.2) is 0 Å². The average Bonchev–Trinajstić information content (AvgIpc) is 2.61. The minimum absolute atomic E-state index is 0.0299. The van der Waals surface area contributed by atoms with Crippen molar-refractivity contribution in [1.29, 1.82) is 0 Å². The highest BCUT2D eigenvalue weighted by atomic mass is 16.5. The molecule has 0 aromatic carbocycles. The van der Waals surface area contributed by atoms with E-state index in [0.717, 1.165) is 25.8 Å². The molecule has 1 saturated heterocycles. The van der Waals surface area contributed by atoms with Gasteiger partial charge in [-0.3, -0.25) is 0 Å². The quantitative estimate of drug-likeness (QED) is 0.773. The first-order chi connectivity index (χ1) is 7.20. The number of carboxylic acids is 1. The molecule has 0 radical (unpaired) electrons. The van der Waals surface area contributed by atoms with Crippen molar-refractivity contribution >= 4 is 5.97 Å². The Balaban J connectivity index is 2.30. The summed E-state index contributed by atoms with van der Waals surface area (Å²) >= 11 is 0. The third-order valence-corrected chi connectivity index (χ3v) is 2.74. The standard InChI is InChI=1S/C10H14N2O3/c1-6-8(10(13)14)9(12-15-6)7-4-2-3-5-11-7/h7,11H,2-5H2,1H3,(H,13,14). The monoisotopic (exact) mass is 210 g/mol. The molecule has 2 rings (SSSR count). The van der Waals surface area contributed by atoms with E-state index < -0.39 is 5.97 Å². The molecule has 0 bridgehead atoms. The van der Waals surface area contributed by atoms with Crippen molar-refractivity contribution in [3.63, 3.8) is 0 Å². The van der Waals surface area contributed by atoms with Crippen LogP contribution in [0.4, 0.5) is 0 Å². The summed E-state index contributed by atoms with van der Waals surface area (Å²) in [4.78, 5) is 11.0. The van der Waals surface area contributed by atoms with E-state index in [-0.39, 0.29) is 11.6 Å². The van der Waals surface area contributed by atoms with Crippen LogP contribution in [0.2, 0.25) is 0 Å². The van der Waals surface area contributed by atoms with Gasteiger partial charge in [0.1, 0.15) is 17.0 Å². The Morgan fingerprint density at radius 1 is 1.60 bits per heavy atom. The first-order valence-corrected chi connectivity index (χ1v) is 5.13. The Kier molecular flexibility index (Phi) is 2.73. The number of rotatable bonds is 2. The smallest absolute Gasteiger partial charge is 0.341 e. The van der Waals surface area contributed by atoms with Gasteiger partial charge in [-0.05, 0) is 26.3 Å². The summed E-state index contributed by atoms with van der Waals surface area (Å²) in [6, 6.07) is 0.0299. The lowest BCUT2D eigenvalue weighted by Gasteiger charge is -2.21. The van der Waals surface area contributed by atoms with Crippen LogP contribution in [0.25, 0.3) is 0 Å². The Hall–Kier alpha value is -1.36. The number of hydrogen-bond donors (Lipinski definition) is 2. The second-order valence-corrected chi connectivity index (χ2v) is 3.81. The number of hydrogen-bond acceptors (Lipinski definition) is 4. The minimum Gasteiger partial charge on any atom is -0.477 e. The van der Waals surface area contributed by atoms with Crippen LogP contribution in [0, 0.1) is 6.92 Å². The maximum Gasteiger partial charge on any atom is 0.341 e. The van der Waals surface area contributed by atoms with Crippen molar-refractivity contribution in [3.05, 3.63) is 17.0 Å². The Morgan fingerprint density at radius 2 is 2.40 bits per heavy atom. The van der Waals surface area contributed by atoms with Crippen LogP contribution < -0.4 is 5.32 Å². The van der Waals surface area contributed by atoms with Crippen molar-refractivity contribution < 1.29 is 14.4 Å². The van der Waals surface area contributed by atoms with E-state index in [4.69, 9.17) is 9.63 Å². The molecule has 1 aliphatic heterocycles. The Bertz CT molecular complexity index is 367. The van der Waals surface area contributed by atoms with Gasteiger partial charge in [-0.25, -0.2) is 4.79 Å². The largest absolute Gasteiger partial charge is 0.477 e. The third-order valence-electron chi connectivity index (χ3n) is 2.74. The number of nitrogens with zero attached hydrogens (tertiary/aromatic N) is 1. The molecule has 2 heterocycles. The van der Waals surface area contributed by atoms with Crippen molar-refractivity contribution in [2.24, 2.45) is 0 Å². The molecule has 1 atom stereocenters. The summed E-state index contributed by atoms with van der Waals surface area (Å²) in [7, 11) is 0. The highest BCUT2D eigenvalue weighted by Gasteiger charge is 2.27. The summed E-state index contributed by atoms with van der Waals surface area (Å²) < 4.78 is 4.94. The molecule has 0 saturated carbocycles. The average molecular weight is 210 g/mol. The van der Waals surface area contributed by atoms with E-state index in [9.17, 15) is 4.79 Å². The molecule has 1 fully saturated rings. The van der Waals surface area contributed by atoms with E-state index in [1.807, 2.05) is 0 Å². The number of piperidine rings is 1. The zero-order valence-electron chi connectivity index (χ0n) is 8.62. The predicted octanol–water partition coefficient (Wildman–Crippen LogP) is 1.50. The first-order valence-electron chi connectivity index (χ1n) is 5.13.